The first kappa shape index (κ1) is 18.4. The van der Waals surface area contributed by atoms with Gasteiger partial charge in [-0.3, -0.25) is 0 Å². The molecule has 134 valence electrons. The van der Waals surface area contributed by atoms with Crippen LogP contribution in [0.15, 0.2) is 30.3 Å². The van der Waals surface area contributed by atoms with Gasteiger partial charge in [-0.15, -0.1) is 0 Å². The number of carbonyl (C=O) groups is 2. The van der Waals surface area contributed by atoms with E-state index in [1.54, 1.807) is 46.4 Å². The Labute approximate surface area is 146 Å². The summed E-state index contributed by atoms with van der Waals surface area (Å²) in [6, 6.07) is 8.75. The molecule has 0 fully saturated rings. The average molecular weight is 346 g/mol. The second-order valence-electron chi connectivity index (χ2n) is 5.71. The van der Waals surface area contributed by atoms with Gasteiger partial charge in [0.05, 0.1) is 6.61 Å². The van der Waals surface area contributed by atoms with E-state index < -0.39 is 12.2 Å². The summed E-state index contributed by atoms with van der Waals surface area (Å²) < 4.78 is 16.5. The Morgan fingerprint density at radius 2 is 1.44 bits per heavy atom. The van der Waals surface area contributed by atoms with Crippen molar-refractivity contribution in [2.75, 3.05) is 34.8 Å². The van der Waals surface area contributed by atoms with Crippen LogP contribution in [0.3, 0.4) is 0 Å². The number of fused-ring (bicyclic) bond motifs is 1. The summed E-state index contributed by atoms with van der Waals surface area (Å²) in [5, 5.41) is 1.26. The Balaban J connectivity index is 2.61. The molecule has 0 aliphatic heterocycles. The first-order valence-electron chi connectivity index (χ1n) is 7.82. The fraction of sp³-hybridized carbons (Fsp3) is 0.333. The van der Waals surface area contributed by atoms with Gasteiger partial charge in [0.2, 0.25) is 0 Å². The first-order valence-corrected chi connectivity index (χ1v) is 7.82. The summed E-state index contributed by atoms with van der Waals surface area (Å²) in [6.07, 6.45) is -1.03. The van der Waals surface area contributed by atoms with Crippen molar-refractivity contribution in [1.82, 2.24) is 9.80 Å². The minimum absolute atomic E-state index is 0.292. The number of hydrogen-bond donors (Lipinski definition) is 0. The highest BCUT2D eigenvalue weighted by Crippen LogP contribution is 2.42. The zero-order valence-electron chi connectivity index (χ0n) is 15.0. The van der Waals surface area contributed by atoms with E-state index in [0.717, 1.165) is 0 Å². The van der Waals surface area contributed by atoms with Crippen molar-refractivity contribution in [3.63, 3.8) is 0 Å². The van der Waals surface area contributed by atoms with E-state index in [0.29, 0.717) is 34.6 Å². The topological polar surface area (TPSA) is 68.3 Å². The Hall–Kier alpha value is -2.96. The smallest absolute Gasteiger partial charge is 0.414 e. The predicted molar refractivity (Wildman–Crippen MR) is 94.5 cm³/mol. The molecule has 2 aromatic carbocycles. The molecule has 0 saturated carbocycles. The van der Waals surface area contributed by atoms with Crippen molar-refractivity contribution >= 4 is 23.0 Å². The van der Waals surface area contributed by atoms with Crippen LogP contribution >= 0.6 is 0 Å². The molecule has 0 spiro atoms. The van der Waals surface area contributed by atoms with Crippen molar-refractivity contribution < 1.29 is 23.8 Å². The summed E-state index contributed by atoms with van der Waals surface area (Å²) >= 11 is 0. The maximum Gasteiger partial charge on any atom is 0.414 e. The first-order chi connectivity index (χ1) is 11.8. The molecule has 0 bridgehead atoms. The van der Waals surface area contributed by atoms with E-state index in [1.807, 2.05) is 19.1 Å². The van der Waals surface area contributed by atoms with Gasteiger partial charge in [0.25, 0.3) is 0 Å². The van der Waals surface area contributed by atoms with E-state index >= 15 is 0 Å². The quantitative estimate of drug-likeness (QED) is 0.849. The van der Waals surface area contributed by atoms with Crippen LogP contribution < -0.4 is 14.2 Å². The van der Waals surface area contributed by atoms with Crippen molar-refractivity contribution in [2.24, 2.45) is 0 Å². The highest BCUT2D eigenvalue weighted by atomic mass is 16.6. The highest BCUT2D eigenvalue weighted by molar-refractivity contribution is 5.98. The molecule has 2 amide bonds. The lowest BCUT2D eigenvalue weighted by Gasteiger charge is -2.18. The zero-order chi connectivity index (χ0) is 18.6. The molecule has 2 aromatic rings. The van der Waals surface area contributed by atoms with Gasteiger partial charge >= 0.3 is 12.2 Å². The van der Waals surface area contributed by atoms with Gasteiger partial charge < -0.3 is 24.0 Å². The molecule has 0 radical (unpaired) electrons. The Morgan fingerprint density at radius 1 is 0.880 bits per heavy atom. The molecule has 0 atom stereocenters. The lowest BCUT2D eigenvalue weighted by atomic mass is 10.1. The van der Waals surface area contributed by atoms with Gasteiger partial charge in [-0.1, -0.05) is 24.3 Å². The van der Waals surface area contributed by atoms with Crippen LogP contribution in [0.4, 0.5) is 9.59 Å². The van der Waals surface area contributed by atoms with Crippen molar-refractivity contribution in [3.8, 4) is 17.2 Å². The van der Waals surface area contributed by atoms with E-state index in [1.165, 1.54) is 9.80 Å². The molecule has 25 heavy (non-hydrogen) atoms. The summed E-state index contributed by atoms with van der Waals surface area (Å²) in [5.41, 5.74) is 0. The summed E-state index contributed by atoms with van der Waals surface area (Å²) in [5.74, 6) is 0.959. The van der Waals surface area contributed by atoms with Crippen LogP contribution in [0.5, 0.6) is 17.2 Å². The SMILES string of the molecule is CCOc1cc(OC(=O)N(C)C)c2ccccc2c1OC(=O)N(C)C. The number of rotatable bonds is 4. The van der Waals surface area contributed by atoms with Crippen molar-refractivity contribution in [1.29, 1.82) is 0 Å². The number of hydrogen-bond acceptors (Lipinski definition) is 5. The second-order valence-corrected chi connectivity index (χ2v) is 5.71. The average Bonchev–Trinajstić information content (AvgIpc) is 2.57. The molecule has 0 heterocycles. The van der Waals surface area contributed by atoms with Crippen molar-refractivity contribution in [3.05, 3.63) is 30.3 Å². The molecule has 2 rings (SSSR count). The van der Waals surface area contributed by atoms with Crippen molar-refractivity contribution in [2.45, 2.75) is 6.92 Å². The molecular weight excluding hydrogens is 324 g/mol. The molecule has 0 saturated heterocycles. The Kier molecular flexibility index (Phi) is 5.69. The maximum absolute atomic E-state index is 12.0. The fourth-order valence-corrected chi connectivity index (χ4v) is 2.11. The molecule has 7 heteroatoms. The lowest BCUT2D eigenvalue weighted by Crippen LogP contribution is -2.26. The number of carbonyl (C=O) groups excluding carboxylic acids is 2. The summed E-state index contributed by atoms with van der Waals surface area (Å²) in [4.78, 5) is 26.6. The minimum Gasteiger partial charge on any atom is -0.490 e. The van der Waals surface area contributed by atoms with Crippen LogP contribution in [-0.4, -0.2) is 56.8 Å². The monoisotopic (exact) mass is 346 g/mol. The number of benzene rings is 2. The maximum atomic E-state index is 12.0. The van der Waals surface area contributed by atoms with E-state index in [9.17, 15) is 9.59 Å². The van der Waals surface area contributed by atoms with Gasteiger partial charge in [-0.25, -0.2) is 9.59 Å². The molecule has 0 aliphatic carbocycles. The van der Waals surface area contributed by atoms with Gasteiger partial charge in [-0.05, 0) is 6.92 Å². The number of amides is 2. The standard InChI is InChI=1S/C18H22N2O5/c1-6-23-15-11-14(24-17(21)19(2)3)12-9-7-8-10-13(12)16(15)25-18(22)20(4)5/h7-11H,6H2,1-5H3. The van der Waals surface area contributed by atoms with Crippen LogP contribution in [0.25, 0.3) is 10.8 Å². The van der Waals surface area contributed by atoms with Crippen LogP contribution in [0, 0.1) is 0 Å². The van der Waals surface area contributed by atoms with Crippen LogP contribution in [-0.2, 0) is 0 Å². The molecule has 0 unspecified atom stereocenters. The van der Waals surface area contributed by atoms with Crippen LogP contribution in [0.2, 0.25) is 0 Å². The Bertz CT molecular complexity index is 786. The third-order valence-electron chi connectivity index (χ3n) is 3.34. The second kappa shape index (κ2) is 7.74. The van der Waals surface area contributed by atoms with Crippen LogP contribution in [0.1, 0.15) is 6.92 Å². The predicted octanol–water partition coefficient (Wildman–Crippen LogP) is 3.36. The third-order valence-corrected chi connectivity index (χ3v) is 3.34. The van der Waals surface area contributed by atoms with Gasteiger partial charge in [0.1, 0.15) is 5.75 Å². The van der Waals surface area contributed by atoms with Gasteiger partial charge in [0.15, 0.2) is 11.5 Å². The molecule has 0 aromatic heterocycles. The minimum atomic E-state index is -0.524. The normalized spacial score (nSPS) is 10.3. The van der Waals surface area contributed by atoms with Gasteiger partial charge in [0, 0.05) is 45.0 Å². The highest BCUT2D eigenvalue weighted by Gasteiger charge is 2.20. The van der Waals surface area contributed by atoms with E-state index in [4.69, 9.17) is 14.2 Å². The van der Waals surface area contributed by atoms with Gasteiger partial charge in [-0.2, -0.15) is 0 Å². The Morgan fingerprint density at radius 3 is 2.00 bits per heavy atom. The third kappa shape index (κ3) is 4.12. The van der Waals surface area contributed by atoms with E-state index in [2.05, 4.69) is 0 Å². The summed E-state index contributed by atoms with van der Waals surface area (Å²) in [6.45, 7) is 2.18. The molecule has 7 nitrogen and oxygen atoms in total. The largest absolute Gasteiger partial charge is 0.490 e. The number of nitrogens with zero attached hydrogens (tertiary/aromatic N) is 2. The zero-order valence-corrected chi connectivity index (χ0v) is 15.0. The lowest BCUT2D eigenvalue weighted by molar-refractivity contribution is 0.168. The fourth-order valence-electron chi connectivity index (χ4n) is 2.11. The number of ether oxygens (including phenoxy) is 3. The summed E-state index contributed by atoms with van der Waals surface area (Å²) in [7, 11) is 6.39. The molecule has 0 aliphatic rings. The molecule has 0 N–H and O–H groups in total. The molecular formula is C18H22N2O5. The van der Waals surface area contributed by atoms with E-state index in [-0.39, 0.29) is 0 Å².